The van der Waals surface area contributed by atoms with E-state index in [9.17, 15) is 9.59 Å². The van der Waals surface area contributed by atoms with Gasteiger partial charge in [-0.25, -0.2) is 4.79 Å². The van der Waals surface area contributed by atoms with E-state index < -0.39 is 11.9 Å². The SMILES string of the molecule is CCCCOC(=O)C1=C(C)NC2=C(C(=O)C[C@H](c3ccc(OC)c(OC)c3)C2)[C@H]1c1ccccc1OCc1ccccc1. The summed E-state index contributed by atoms with van der Waals surface area (Å²) in [6.45, 7) is 4.62. The average Bonchev–Trinajstić information content (AvgIpc) is 3.03. The van der Waals surface area contributed by atoms with Crippen LogP contribution in [-0.4, -0.2) is 32.6 Å². The van der Waals surface area contributed by atoms with Crippen LogP contribution >= 0.6 is 0 Å². The van der Waals surface area contributed by atoms with Gasteiger partial charge in [0.2, 0.25) is 0 Å². The van der Waals surface area contributed by atoms with Gasteiger partial charge in [0.05, 0.1) is 32.3 Å². The van der Waals surface area contributed by atoms with Crippen molar-refractivity contribution in [3.63, 3.8) is 0 Å². The number of esters is 1. The van der Waals surface area contributed by atoms with Crippen molar-refractivity contribution in [2.75, 3.05) is 20.8 Å². The number of para-hydroxylation sites is 1. The maximum absolute atomic E-state index is 14.1. The number of nitrogens with one attached hydrogen (secondary N) is 1. The summed E-state index contributed by atoms with van der Waals surface area (Å²) in [5, 5.41) is 3.44. The number of rotatable bonds is 11. The van der Waals surface area contributed by atoms with Crippen LogP contribution in [0.4, 0.5) is 0 Å². The number of unbranched alkanes of at least 4 members (excludes halogenated alkanes) is 1. The second kappa shape index (κ2) is 13.6. The number of dihydropyridines is 1. The molecule has 0 saturated heterocycles. The first-order chi connectivity index (χ1) is 20.9. The molecule has 5 rings (SSSR count). The predicted octanol–water partition coefficient (Wildman–Crippen LogP) is 6.99. The van der Waals surface area contributed by atoms with Crippen LogP contribution in [0, 0.1) is 0 Å². The van der Waals surface area contributed by atoms with Gasteiger partial charge in [-0.3, -0.25) is 4.79 Å². The van der Waals surface area contributed by atoms with Gasteiger partial charge >= 0.3 is 5.97 Å². The maximum atomic E-state index is 14.1. The first-order valence-corrected chi connectivity index (χ1v) is 14.8. The lowest BCUT2D eigenvalue weighted by atomic mass is 9.71. The zero-order valence-corrected chi connectivity index (χ0v) is 25.3. The quantitative estimate of drug-likeness (QED) is 0.193. The van der Waals surface area contributed by atoms with Crippen LogP contribution in [0.25, 0.3) is 0 Å². The molecule has 43 heavy (non-hydrogen) atoms. The standard InChI is InChI=1S/C36H39NO6/c1-5-6-18-42-36(39)33-23(2)37-28-19-26(25-16-17-31(40-3)32(21-25)41-4)20-29(38)35(28)34(33)27-14-10-11-15-30(27)43-22-24-12-8-7-9-13-24/h7-17,21,26,34,37H,5-6,18-20,22H2,1-4H3/t26-,34+/m1/s1. The molecule has 7 nitrogen and oxygen atoms in total. The minimum atomic E-state index is -0.615. The van der Waals surface area contributed by atoms with Crippen molar-refractivity contribution in [1.29, 1.82) is 0 Å². The summed E-state index contributed by atoms with van der Waals surface area (Å²) in [6, 6.07) is 23.4. The zero-order chi connectivity index (χ0) is 30.3. The summed E-state index contributed by atoms with van der Waals surface area (Å²) in [4.78, 5) is 27.8. The zero-order valence-electron chi connectivity index (χ0n) is 25.3. The number of hydrogen-bond donors (Lipinski definition) is 1. The Labute approximate surface area is 253 Å². The fraction of sp³-hybridized carbons (Fsp3) is 0.333. The molecule has 7 heteroatoms. The van der Waals surface area contributed by atoms with Gasteiger partial charge in [0.1, 0.15) is 12.4 Å². The number of methoxy groups -OCH3 is 2. The third-order valence-electron chi connectivity index (χ3n) is 8.12. The Balaban J connectivity index is 1.55. The van der Waals surface area contributed by atoms with Crippen molar-refractivity contribution in [1.82, 2.24) is 5.32 Å². The fourth-order valence-corrected chi connectivity index (χ4v) is 5.94. The molecule has 224 valence electrons. The first-order valence-electron chi connectivity index (χ1n) is 14.8. The van der Waals surface area contributed by atoms with Gasteiger partial charge in [-0.05, 0) is 55.0 Å². The summed E-state index contributed by atoms with van der Waals surface area (Å²) in [5.41, 5.74) is 5.34. The molecule has 3 aromatic carbocycles. The highest BCUT2D eigenvalue weighted by molar-refractivity contribution is 6.04. The molecule has 0 radical (unpaired) electrons. The van der Waals surface area contributed by atoms with Crippen LogP contribution in [0.5, 0.6) is 17.2 Å². The van der Waals surface area contributed by atoms with Gasteiger partial charge in [0.15, 0.2) is 17.3 Å². The van der Waals surface area contributed by atoms with E-state index in [1.54, 1.807) is 14.2 Å². The van der Waals surface area contributed by atoms with Gasteiger partial charge in [-0.15, -0.1) is 0 Å². The van der Waals surface area contributed by atoms with Crippen molar-refractivity contribution < 1.29 is 28.5 Å². The van der Waals surface area contributed by atoms with Gasteiger partial charge in [0.25, 0.3) is 0 Å². The van der Waals surface area contributed by atoms with Crippen LogP contribution in [0.3, 0.4) is 0 Å². The summed E-state index contributed by atoms with van der Waals surface area (Å²) in [5.74, 6) is 0.795. The summed E-state index contributed by atoms with van der Waals surface area (Å²) >= 11 is 0. The molecule has 0 spiro atoms. The highest BCUT2D eigenvalue weighted by atomic mass is 16.5. The Morgan fingerprint density at radius 2 is 1.65 bits per heavy atom. The third-order valence-corrected chi connectivity index (χ3v) is 8.12. The number of ether oxygens (including phenoxy) is 4. The number of ketones is 1. The lowest BCUT2D eigenvalue weighted by molar-refractivity contribution is -0.139. The van der Waals surface area contributed by atoms with E-state index in [2.05, 4.69) is 12.2 Å². The largest absolute Gasteiger partial charge is 0.493 e. The van der Waals surface area contributed by atoms with E-state index in [0.29, 0.717) is 60.1 Å². The number of carbonyl (C=O) groups is 2. The van der Waals surface area contributed by atoms with Crippen molar-refractivity contribution in [3.8, 4) is 17.2 Å². The van der Waals surface area contributed by atoms with Gasteiger partial charge in [-0.1, -0.05) is 67.9 Å². The maximum Gasteiger partial charge on any atom is 0.336 e. The molecule has 0 fully saturated rings. The van der Waals surface area contributed by atoms with Crippen LogP contribution in [0.2, 0.25) is 0 Å². The third kappa shape index (κ3) is 6.46. The van der Waals surface area contributed by atoms with E-state index in [0.717, 1.165) is 35.2 Å². The van der Waals surface area contributed by atoms with Crippen molar-refractivity contribution >= 4 is 11.8 Å². The molecule has 2 atom stereocenters. The lowest BCUT2D eigenvalue weighted by Gasteiger charge is -2.37. The van der Waals surface area contributed by atoms with Crippen LogP contribution in [0.1, 0.15) is 68.1 Å². The molecule has 1 aliphatic carbocycles. The van der Waals surface area contributed by atoms with Crippen molar-refractivity contribution in [2.45, 2.75) is 58.0 Å². The molecule has 0 unspecified atom stereocenters. The van der Waals surface area contributed by atoms with Crippen molar-refractivity contribution in [2.24, 2.45) is 0 Å². The second-order valence-corrected chi connectivity index (χ2v) is 10.9. The van der Waals surface area contributed by atoms with Gasteiger partial charge in [-0.2, -0.15) is 0 Å². The molecule has 3 aromatic rings. The molecule has 1 aliphatic heterocycles. The van der Waals surface area contributed by atoms with Gasteiger partial charge in [0, 0.05) is 29.0 Å². The Hall–Kier alpha value is -4.52. The number of benzene rings is 3. The van der Waals surface area contributed by atoms with E-state index in [4.69, 9.17) is 18.9 Å². The molecule has 0 aromatic heterocycles. The highest BCUT2D eigenvalue weighted by Crippen LogP contribution is 2.48. The van der Waals surface area contributed by atoms with E-state index in [1.165, 1.54) is 0 Å². The van der Waals surface area contributed by atoms with Crippen molar-refractivity contribution in [3.05, 3.63) is 112 Å². The van der Waals surface area contributed by atoms with E-state index >= 15 is 0 Å². The van der Waals surface area contributed by atoms with Crippen LogP contribution in [-0.2, 0) is 20.9 Å². The molecular formula is C36H39NO6. The first kappa shape index (κ1) is 30.0. The molecular weight excluding hydrogens is 542 g/mol. The highest BCUT2D eigenvalue weighted by Gasteiger charge is 2.42. The Morgan fingerprint density at radius 1 is 0.907 bits per heavy atom. The number of allylic oxidation sites excluding steroid dienone is 3. The second-order valence-electron chi connectivity index (χ2n) is 10.9. The number of hydrogen-bond acceptors (Lipinski definition) is 7. The molecule has 0 saturated carbocycles. The monoisotopic (exact) mass is 581 g/mol. The topological polar surface area (TPSA) is 83.1 Å². The number of carbonyl (C=O) groups excluding carboxylic acids is 2. The van der Waals surface area contributed by atoms with Gasteiger partial charge < -0.3 is 24.3 Å². The molecule has 2 aliphatic rings. The molecule has 1 N–H and O–H groups in total. The summed E-state index contributed by atoms with van der Waals surface area (Å²) < 4.78 is 23.0. The summed E-state index contributed by atoms with van der Waals surface area (Å²) in [6.07, 6.45) is 2.59. The average molecular weight is 582 g/mol. The Bertz CT molecular complexity index is 1540. The predicted molar refractivity (Wildman–Crippen MR) is 165 cm³/mol. The molecule has 0 bridgehead atoms. The summed E-state index contributed by atoms with van der Waals surface area (Å²) in [7, 11) is 3.21. The minimum absolute atomic E-state index is 0.0113. The van der Waals surface area contributed by atoms with Crippen LogP contribution in [0.15, 0.2) is 95.3 Å². The van der Waals surface area contributed by atoms with E-state index in [1.807, 2.05) is 79.7 Å². The minimum Gasteiger partial charge on any atom is -0.493 e. The molecule has 1 heterocycles. The normalized spacial score (nSPS) is 18.1. The van der Waals surface area contributed by atoms with Crippen LogP contribution < -0.4 is 19.5 Å². The Kier molecular flexibility index (Phi) is 9.50. The number of Topliss-reactive ketones (excluding diaryl/α,β-unsaturated/α-hetero) is 1. The van der Waals surface area contributed by atoms with E-state index in [-0.39, 0.29) is 11.7 Å². The molecule has 0 amide bonds. The lowest BCUT2D eigenvalue weighted by Crippen LogP contribution is -2.36. The Morgan fingerprint density at radius 3 is 2.40 bits per heavy atom. The smallest absolute Gasteiger partial charge is 0.336 e. The fourth-order valence-electron chi connectivity index (χ4n) is 5.94.